The molecule has 1 aromatic heterocycles. The van der Waals surface area contributed by atoms with Gasteiger partial charge in [0.05, 0.1) is 5.69 Å². The van der Waals surface area contributed by atoms with Gasteiger partial charge in [0, 0.05) is 5.69 Å². The van der Waals surface area contributed by atoms with Gasteiger partial charge in [-0.05, 0) is 36.6 Å². The van der Waals surface area contributed by atoms with Crippen LogP contribution in [0.2, 0.25) is 0 Å². The van der Waals surface area contributed by atoms with E-state index in [0.29, 0.717) is 17.3 Å². The van der Waals surface area contributed by atoms with Gasteiger partial charge in [-0.15, -0.1) is 0 Å². The van der Waals surface area contributed by atoms with Crippen molar-refractivity contribution in [1.29, 1.82) is 0 Å². The number of alkyl halides is 3. The van der Waals surface area contributed by atoms with Gasteiger partial charge in [0.2, 0.25) is 0 Å². The Morgan fingerprint density at radius 1 is 1.11 bits per heavy atom. The number of aryl methyl sites for hydroxylation is 1. The minimum Gasteiger partial charge on any atom is -0.238 e. The van der Waals surface area contributed by atoms with Gasteiger partial charge in [-0.2, -0.15) is 18.3 Å². The normalized spacial score (nSPS) is 12.2. The summed E-state index contributed by atoms with van der Waals surface area (Å²) in [4.78, 5) is 0. The molecule has 0 spiro atoms. The fourth-order valence-corrected chi connectivity index (χ4v) is 1.87. The minimum absolute atomic E-state index is 0.388. The monoisotopic (exact) mass is 268 g/mol. The van der Waals surface area contributed by atoms with Gasteiger partial charge in [-0.25, -0.2) is 4.68 Å². The predicted molar refractivity (Wildman–Crippen MR) is 67.4 cm³/mol. The maximum absolute atomic E-state index is 12.6. The highest BCUT2D eigenvalue weighted by atomic mass is 19.4. The van der Waals surface area contributed by atoms with Gasteiger partial charge in [-0.3, -0.25) is 0 Å². The van der Waals surface area contributed by atoms with Crippen LogP contribution in [0.1, 0.15) is 36.7 Å². The minimum atomic E-state index is -4.41. The van der Waals surface area contributed by atoms with E-state index in [1.165, 1.54) is 4.68 Å². The Hall–Kier alpha value is -1.78. The number of aromatic nitrogens is 2. The van der Waals surface area contributed by atoms with E-state index in [2.05, 4.69) is 18.9 Å². The van der Waals surface area contributed by atoms with Crippen molar-refractivity contribution in [3.63, 3.8) is 0 Å². The molecule has 0 aliphatic carbocycles. The lowest BCUT2D eigenvalue weighted by Crippen LogP contribution is -2.07. The van der Waals surface area contributed by atoms with Crippen LogP contribution in [-0.4, -0.2) is 9.78 Å². The molecule has 0 radical (unpaired) electrons. The van der Waals surface area contributed by atoms with E-state index in [4.69, 9.17) is 0 Å². The zero-order valence-electron chi connectivity index (χ0n) is 11.0. The van der Waals surface area contributed by atoms with Crippen LogP contribution < -0.4 is 0 Å². The Kier molecular flexibility index (Phi) is 3.39. The summed E-state index contributed by atoms with van der Waals surface area (Å²) in [7, 11) is 0. The van der Waals surface area contributed by atoms with E-state index in [9.17, 15) is 13.2 Å². The van der Waals surface area contributed by atoms with Crippen LogP contribution in [0.5, 0.6) is 0 Å². The summed E-state index contributed by atoms with van der Waals surface area (Å²) in [5, 5.41) is 3.62. The molecule has 2 aromatic rings. The van der Waals surface area contributed by atoms with E-state index in [1.54, 1.807) is 19.1 Å². The van der Waals surface area contributed by atoms with E-state index < -0.39 is 11.9 Å². The molecule has 2 nitrogen and oxygen atoms in total. The average Bonchev–Trinajstić information content (AvgIpc) is 2.71. The molecular formula is C14H15F3N2. The fraction of sp³-hybridized carbons (Fsp3) is 0.357. The molecule has 102 valence electrons. The second-order valence-electron chi connectivity index (χ2n) is 4.83. The molecule has 0 saturated heterocycles. The van der Waals surface area contributed by atoms with Crippen molar-refractivity contribution in [1.82, 2.24) is 9.78 Å². The van der Waals surface area contributed by atoms with Crippen molar-refractivity contribution in [3.05, 3.63) is 47.3 Å². The third-order valence-corrected chi connectivity index (χ3v) is 2.98. The summed E-state index contributed by atoms with van der Waals surface area (Å²) in [5.41, 5.74) is 1.38. The summed E-state index contributed by atoms with van der Waals surface area (Å²) < 4.78 is 39.1. The van der Waals surface area contributed by atoms with Gasteiger partial charge in [0.1, 0.15) is 0 Å². The van der Waals surface area contributed by atoms with Gasteiger partial charge in [0.25, 0.3) is 0 Å². The van der Waals surface area contributed by atoms with E-state index in [-0.39, 0.29) is 0 Å². The second kappa shape index (κ2) is 4.72. The molecule has 0 aliphatic heterocycles. The first-order chi connectivity index (χ1) is 8.79. The highest BCUT2D eigenvalue weighted by molar-refractivity contribution is 5.37. The molecule has 2 rings (SSSR count). The molecular weight excluding hydrogens is 253 g/mol. The summed E-state index contributed by atoms with van der Waals surface area (Å²) in [6.07, 6.45) is -4.41. The maximum Gasteiger partial charge on any atom is 0.435 e. The van der Waals surface area contributed by atoms with Gasteiger partial charge >= 0.3 is 6.18 Å². The molecule has 1 aromatic carbocycles. The molecule has 5 heteroatoms. The number of hydrogen-bond donors (Lipinski definition) is 0. The van der Waals surface area contributed by atoms with Crippen molar-refractivity contribution in [3.8, 4) is 5.69 Å². The Bertz CT molecular complexity index is 565. The summed E-state index contributed by atoms with van der Waals surface area (Å²) in [6, 6.07) is 8.45. The van der Waals surface area contributed by atoms with Crippen molar-refractivity contribution in [2.24, 2.45) is 0 Å². The maximum atomic E-state index is 12.6. The van der Waals surface area contributed by atoms with Crippen molar-refractivity contribution < 1.29 is 13.2 Å². The molecule has 1 heterocycles. The molecule has 0 N–H and O–H groups in total. The van der Waals surface area contributed by atoms with Gasteiger partial charge in [-0.1, -0.05) is 26.0 Å². The number of halogens is 3. The molecule has 19 heavy (non-hydrogen) atoms. The first-order valence-corrected chi connectivity index (χ1v) is 6.03. The summed E-state index contributed by atoms with van der Waals surface area (Å²) >= 11 is 0. The van der Waals surface area contributed by atoms with E-state index in [1.807, 2.05) is 12.1 Å². The quantitative estimate of drug-likeness (QED) is 0.793. The lowest BCUT2D eigenvalue weighted by Gasteiger charge is -2.08. The third-order valence-electron chi connectivity index (χ3n) is 2.98. The van der Waals surface area contributed by atoms with Crippen molar-refractivity contribution >= 4 is 0 Å². The Morgan fingerprint density at radius 2 is 1.68 bits per heavy atom. The largest absolute Gasteiger partial charge is 0.435 e. The first kappa shape index (κ1) is 13.6. The number of nitrogens with zero attached hydrogens (tertiary/aromatic N) is 2. The molecule has 0 atom stereocenters. The topological polar surface area (TPSA) is 17.8 Å². The number of hydrogen-bond acceptors (Lipinski definition) is 1. The second-order valence-corrected chi connectivity index (χ2v) is 4.83. The van der Waals surface area contributed by atoms with Crippen LogP contribution in [0, 0.1) is 6.92 Å². The predicted octanol–water partition coefficient (Wildman–Crippen LogP) is 4.32. The highest BCUT2D eigenvalue weighted by Gasteiger charge is 2.34. The number of rotatable bonds is 2. The van der Waals surface area contributed by atoms with Crippen LogP contribution in [0.15, 0.2) is 30.3 Å². The van der Waals surface area contributed by atoms with E-state index >= 15 is 0 Å². The molecule has 0 bridgehead atoms. The Balaban J connectivity index is 2.39. The van der Waals surface area contributed by atoms with Crippen LogP contribution in [0.4, 0.5) is 13.2 Å². The molecule has 0 fully saturated rings. The number of benzene rings is 1. The third kappa shape index (κ3) is 2.80. The Labute approximate surface area is 109 Å². The lowest BCUT2D eigenvalue weighted by atomic mass is 10.0. The van der Waals surface area contributed by atoms with Crippen molar-refractivity contribution in [2.45, 2.75) is 32.9 Å². The zero-order chi connectivity index (χ0) is 14.2. The van der Waals surface area contributed by atoms with E-state index in [0.717, 1.165) is 11.6 Å². The lowest BCUT2D eigenvalue weighted by molar-refractivity contribution is -0.141. The zero-order valence-corrected chi connectivity index (χ0v) is 11.0. The Morgan fingerprint density at radius 3 is 2.11 bits per heavy atom. The van der Waals surface area contributed by atoms with Crippen molar-refractivity contribution in [2.75, 3.05) is 0 Å². The summed E-state index contributed by atoms with van der Waals surface area (Å²) in [6.45, 7) is 5.74. The molecule has 0 saturated carbocycles. The molecule has 0 amide bonds. The first-order valence-electron chi connectivity index (χ1n) is 6.03. The van der Waals surface area contributed by atoms with Crippen LogP contribution in [0.3, 0.4) is 0 Å². The fourth-order valence-electron chi connectivity index (χ4n) is 1.87. The highest BCUT2D eigenvalue weighted by Crippen LogP contribution is 2.29. The smallest absolute Gasteiger partial charge is 0.238 e. The van der Waals surface area contributed by atoms with Crippen LogP contribution >= 0.6 is 0 Å². The van der Waals surface area contributed by atoms with Gasteiger partial charge in [0.15, 0.2) is 5.69 Å². The van der Waals surface area contributed by atoms with Crippen LogP contribution in [0.25, 0.3) is 5.69 Å². The average molecular weight is 268 g/mol. The molecule has 0 aliphatic rings. The SMILES string of the molecule is Cc1cc(C(F)(F)F)nn1-c1ccc(C(C)C)cc1. The van der Waals surface area contributed by atoms with Gasteiger partial charge < -0.3 is 0 Å². The molecule has 0 unspecified atom stereocenters. The van der Waals surface area contributed by atoms with Crippen LogP contribution in [-0.2, 0) is 6.18 Å². The summed E-state index contributed by atoms with van der Waals surface area (Å²) in [5.74, 6) is 0.388. The standard InChI is InChI=1S/C14H15F3N2/c1-9(2)11-4-6-12(7-5-11)19-10(3)8-13(18-19)14(15,16)17/h4-9H,1-3H3.